The van der Waals surface area contributed by atoms with E-state index in [1.165, 1.54) is 11.1 Å². The van der Waals surface area contributed by atoms with Gasteiger partial charge in [0, 0.05) is 31.4 Å². The van der Waals surface area contributed by atoms with Crippen molar-refractivity contribution < 1.29 is 29.3 Å². The van der Waals surface area contributed by atoms with Crippen molar-refractivity contribution in [2.75, 3.05) is 19.8 Å². The molecule has 0 spiro atoms. The first kappa shape index (κ1) is 24.3. The summed E-state index contributed by atoms with van der Waals surface area (Å²) in [6.07, 6.45) is 0.456. The zero-order valence-corrected chi connectivity index (χ0v) is 18.6. The maximum Gasteiger partial charge on any atom is 0.407 e. The summed E-state index contributed by atoms with van der Waals surface area (Å²) in [6.45, 7) is 1.95. The number of benzene rings is 2. The highest BCUT2D eigenvalue weighted by Gasteiger charge is 2.29. The van der Waals surface area contributed by atoms with E-state index in [0.717, 1.165) is 11.1 Å². The van der Waals surface area contributed by atoms with Crippen molar-refractivity contribution in [1.29, 1.82) is 0 Å². The van der Waals surface area contributed by atoms with Gasteiger partial charge in [-0.1, -0.05) is 55.5 Å². The van der Waals surface area contributed by atoms with Gasteiger partial charge >= 0.3 is 12.1 Å². The van der Waals surface area contributed by atoms with Gasteiger partial charge in [-0.05, 0) is 35.1 Å². The lowest BCUT2D eigenvalue weighted by atomic mass is 9.98. The van der Waals surface area contributed by atoms with Crippen LogP contribution in [0.2, 0.25) is 0 Å². The summed E-state index contributed by atoms with van der Waals surface area (Å²) in [4.78, 5) is 35.4. The van der Waals surface area contributed by atoms with Gasteiger partial charge in [-0.2, -0.15) is 0 Å². The summed E-state index contributed by atoms with van der Waals surface area (Å²) in [5.74, 6) is -2.00. The average molecular weight is 455 g/mol. The van der Waals surface area contributed by atoms with Gasteiger partial charge in [0.05, 0.1) is 0 Å². The molecule has 33 heavy (non-hydrogen) atoms. The van der Waals surface area contributed by atoms with Gasteiger partial charge in [-0.3, -0.25) is 4.79 Å². The lowest BCUT2D eigenvalue weighted by Gasteiger charge is -2.17. The number of hydrogen-bond acceptors (Lipinski definition) is 5. The summed E-state index contributed by atoms with van der Waals surface area (Å²) in [5, 5.41) is 23.1. The van der Waals surface area contributed by atoms with E-state index in [9.17, 15) is 14.4 Å². The second kappa shape index (κ2) is 11.5. The maximum absolute atomic E-state index is 12.2. The number of ether oxygens (including phenoxy) is 1. The molecular formula is C25H30N2O6. The van der Waals surface area contributed by atoms with Crippen molar-refractivity contribution in [3.63, 3.8) is 0 Å². The molecule has 8 nitrogen and oxygen atoms in total. The molecular weight excluding hydrogens is 424 g/mol. The highest BCUT2D eigenvalue weighted by molar-refractivity contribution is 5.84. The van der Waals surface area contributed by atoms with Crippen LogP contribution in [0.15, 0.2) is 48.5 Å². The van der Waals surface area contributed by atoms with E-state index < -0.39 is 29.9 Å². The Bertz CT molecular complexity index is 947. The number of hydrogen-bond donors (Lipinski definition) is 4. The summed E-state index contributed by atoms with van der Waals surface area (Å²) in [5.41, 5.74) is 4.62. The molecule has 1 aliphatic rings. The normalized spacial score (nSPS) is 14.0. The first-order valence-corrected chi connectivity index (χ1v) is 11.1. The maximum atomic E-state index is 12.2. The third-order valence-electron chi connectivity index (χ3n) is 5.91. The summed E-state index contributed by atoms with van der Waals surface area (Å²) in [6, 6.07) is 15.1. The minimum Gasteiger partial charge on any atom is -0.480 e. The van der Waals surface area contributed by atoms with Crippen LogP contribution < -0.4 is 10.6 Å². The molecule has 2 atom stereocenters. The van der Waals surface area contributed by atoms with Crippen LogP contribution in [0.4, 0.5) is 4.79 Å². The minimum atomic E-state index is -1.18. The first-order chi connectivity index (χ1) is 15.9. The summed E-state index contributed by atoms with van der Waals surface area (Å²) < 4.78 is 5.48. The Morgan fingerprint density at radius 3 is 2.18 bits per heavy atom. The SMILES string of the molecule is CC(CCCNC(=O)OCC1c2ccccc2-c2ccccc21)C(=O)N[C@H](CCO)C(=O)O. The predicted octanol–water partition coefficient (Wildman–Crippen LogP) is 2.89. The molecule has 0 radical (unpaired) electrons. The second-order valence-corrected chi connectivity index (χ2v) is 8.21. The highest BCUT2D eigenvalue weighted by atomic mass is 16.5. The topological polar surface area (TPSA) is 125 Å². The van der Waals surface area contributed by atoms with Crippen LogP contribution in [-0.4, -0.2) is 54.0 Å². The number of aliphatic hydroxyl groups excluding tert-OH is 1. The van der Waals surface area contributed by atoms with Crippen molar-refractivity contribution in [3.05, 3.63) is 59.7 Å². The van der Waals surface area contributed by atoms with Crippen LogP contribution in [0.3, 0.4) is 0 Å². The molecule has 0 fully saturated rings. The quantitative estimate of drug-likeness (QED) is 0.387. The summed E-state index contributed by atoms with van der Waals surface area (Å²) >= 11 is 0. The molecule has 0 bridgehead atoms. The number of aliphatic hydroxyl groups is 1. The molecule has 8 heteroatoms. The average Bonchev–Trinajstić information content (AvgIpc) is 3.13. The van der Waals surface area contributed by atoms with E-state index in [1.807, 2.05) is 24.3 Å². The van der Waals surface area contributed by atoms with E-state index in [0.29, 0.717) is 19.4 Å². The van der Waals surface area contributed by atoms with Gasteiger partial charge in [0.15, 0.2) is 0 Å². The van der Waals surface area contributed by atoms with Crippen molar-refractivity contribution in [2.45, 2.75) is 38.1 Å². The molecule has 0 heterocycles. The smallest absolute Gasteiger partial charge is 0.407 e. The van der Waals surface area contributed by atoms with Crippen LogP contribution in [0.1, 0.15) is 43.2 Å². The van der Waals surface area contributed by atoms with Crippen molar-refractivity contribution >= 4 is 18.0 Å². The molecule has 2 aromatic rings. The van der Waals surface area contributed by atoms with Gasteiger partial charge in [0.1, 0.15) is 12.6 Å². The third kappa shape index (κ3) is 6.10. The molecule has 0 aromatic heterocycles. The van der Waals surface area contributed by atoms with Crippen LogP contribution in [0.25, 0.3) is 11.1 Å². The third-order valence-corrected chi connectivity index (χ3v) is 5.91. The predicted molar refractivity (Wildman–Crippen MR) is 123 cm³/mol. The molecule has 0 aliphatic heterocycles. The standard InChI is InChI=1S/C25H30N2O6/c1-16(23(29)27-22(12-14-28)24(30)31)7-6-13-26-25(32)33-15-21-19-10-4-2-8-17(19)18-9-3-5-11-20(18)21/h2-5,8-11,16,21-22,28H,6-7,12-15H2,1H3,(H,26,32)(H,27,29)(H,30,31)/t16?,22-/m1/s1. The Labute approximate surface area is 193 Å². The van der Waals surface area contributed by atoms with Crippen LogP contribution in [-0.2, 0) is 14.3 Å². The monoisotopic (exact) mass is 454 g/mol. The van der Waals surface area contributed by atoms with Crippen molar-refractivity contribution in [2.24, 2.45) is 5.92 Å². The number of nitrogens with one attached hydrogen (secondary N) is 2. The number of amides is 2. The van der Waals surface area contributed by atoms with E-state index >= 15 is 0 Å². The lowest BCUT2D eigenvalue weighted by molar-refractivity contribution is -0.142. The van der Waals surface area contributed by atoms with E-state index in [4.69, 9.17) is 14.9 Å². The number of carbonyl (C=O) groups is 3. The molecule has 176 valence electrons. The minimum absolute atomic E-state index is 0.00651. The fourth-order valence-corrected chi connectivity index (χ4v) is 4.08. The molecule has 2 amide bonds. The fourth-order valence-electron chi connectivity index (χ4n) is 4.08. The number of carbonyl (C=O) groups excluding carboxylic acids is 2. The van der Waals surface area contributed by atoms with Gasteiger partial charge in [-0.15, -0.1) is 0 Å². The number of carboxylic acids is 1. The number of rotatable bonds is 11. The zero-order chi connectivity index (χ0) is 23.8. The highest BCUT2D eigenvalue weighted by Crippen LogP contribution is 2.44. The zero-order valence-electron chi connectivity index (χ0n) is 18.6. The van der Waals surface area contributed by atoms with E-state index in [2.05, 4.69) is 34.9 Å². The van der Waals surface area contributed by atoms with Crippen LogP contribution >= 0.6 is 0 Å². The Hall–Kier alpha value is -3.39. The molecule has 2 aromatic carbocycles. The van der Waals surface area contributed by atoms with Crippen molar-refractivity contribution in [3.8, 4) is 11.1 Å². The molecule has 0 saturated heterocycles. The Kier molecular flexibility index (Phi) is 8.43. The Balaban J connectivity index is 1.41. The molecule has 4 N–H and O–H groups in total. The molecule has 0 saturated carbocycles. The second-order valence-electron chi connectivity index (χ2n) is 8.21. The number of alkyl carbamates (subject to hydrolysis) is 1. The van der Waals surface area contributed by atoms with Crippen LogP contribution in [0, 0.1) is 5.92 Å². The van der Waals surface area contributed by atoms with E-state index in [1.54, 1.807) is 6.92 Å². The lowest BCUT2D eigenvalue weighted by Crippen LogP contribution is -2.43. The van der Waals surface area contributed by atoms with Crippen molar-refractivity contribution in [1.82, 2.24) is 10.6 Å². The fraction of sp³-hybridized carbons (Fsp3) is 0.400. The van der Waals surface area contributed by atoms with Gasteiger partial charge in [0.25, 0.3) is 0 Å². The molecule has 3 rings (SSSR count). The molecule has 1 unspecified atom stereocenters. The Morgan fingerprint density at radius 2 is 1.61 bits per heavy atom. The van der Waals surface area contributed by atoms with Gasteiger partial charge in [-0.25, -0.2) is 9.59 Å². The largest absolute Gasteiger partial charge is 0.480 e. The first-order valence-electron chi connectivity index (χ1n) is 11.1. The number of fused-ring (bicyclic) bond motifs is 3. The van der Waals surface area contributed by atoms with Crippen LogP contribution in [0.5, 0.6) is 0 Å². The van der Waals surface area contributed by atoms with E-state index in [-0.39, 0.29) is 25.6 Å². The summed E-state index contributed by atoms with van der Waals surface area (Å²) in [7, 11) is 0. The number of aliphatic carboxylic acids is 1. The van der Waals surface area contributed by atoms with Gasteiger partial charge in [0.2, 0.25) is 5.91 Å². The molecule has 1 aliphatic carbocycles. The number of carboxylic acid groups (broad SMARTS) is 1. The Morgan fingerprint density at radius 1 is 1.00 bits per heavy atom. The van der Waals surface area contributed by atoms with Gasteiger partial charge < -0.3 is 25.6 Å².